The van der Waals surface area contributed by atoms with E-state index < -0.39 is 0 Å². The second-order valence-corrected chi connectivity index (χ2v) is 5.40. The van der Waals surface area contributed by atoms with Gasteiger partial charge in [-0.05, 0) is 18.3 Å². The molecule has 2 heterocycles. The smallest absolute Gasteiger partial charge is 0.185 e. The molecule has 4 heteroatoms. The van der Waals surface area contributed by atoms with Gasteiger partial charge in [0.1, 0.15) is 0 Å². The number of nitrogens with two attached hydrogens (primary N) is 1. The van der Waals surface area contributed by atoms with Gasteiger partial charge < -0.3 is 10.6 Å². The van der Waals surface area contributed by atoms with Gasteiger partial charge in [0.2, 0.25) is 0 Å². The van der Waals surface area contributed by atoms with Gasteiger partial charge in [-0.1, -0.05) is 13.8 Å². The number of thiazole rings is 1. The lowest BCUT2D eigenvalue weighted by atomic mass is 9.95. The van der Waals surface area contributed by atoms with Crippen LogP contribution in [0.1, 0.15) is 26.0 Å². The van der Waals surface area contributed by atoms with Gasteiger partial charge in [-0.25, -0.2) is 4.98 Å². The van der Waals surface area contributed by atoms with Gasteiger partial charge in [-0.3, -0.25) is 0 Å². The summed E-state index contributed by atoms with van der Waals surface area (Å²) in [6.07, 6.45) is 1.30. The van der Waals surface area contributed by atoms with Crippen molar-refractivity contribution in [2.45, 2.75) is 26.8 Å². The van der Waals surface area contributed by atoms with E-state index in [0.29, 0.717) is 6.54 Å². The van der Waals surface area contributed by atoms with E-state index in [9.17, 15) is 0 Å². The zero-order chi connectivity index (χ0) is 10.8. The number of aromatic nitrogens is 1. The van der Waals surface area contributed by atoms with Crippen LogP contribution >= 0.6 is 11.3 Å². The van der Waals surface area contributed by atoms with E-state index in [2.05, 4.69) is 29.1 Å². The van der Waals surface area contributed by atoms with Crippen LogP contribution in [0.3, 0.4) is 0 Å². The maximum absolute atomic E-state index is 5.56. The molecule has 1 fully saturated rings. The van der Waals surface area contributed by atoms with Gasteiger partial charge >= 0.3 is 0 Å². The van der Waals surface area contributed by atoms with Gasteiger partial charge in [0.25, 0.3) is 0 Å². The van der Waals surface area contributed by atoms with Crippen LogP contribution in [0.5, 0.6) is 0 Å². The Morgan fingerprint density at radius 2 is 2.47 bits per heavy atom. The van der Waals surface area contributed by atoms with Crippen LogP contribution in [-0.2, 0) is 6.54 Å². The fourth-order valence-corrected chi connectivity index (χ4v) is 2.92. The van der Waals surface area contributed by atoms with Crippen molar-refractivity contribution in [3.05, 3.63) is 11.1 Å². The number of nitrogens with zero attached hydrogens (tertiary/aromatic N) is 2. The third kappa shape index (κ3) is 2.32. The molecular formula is C11H19N3S. The molecule has 1 aliphatic rings. The summed E-state index contributed by atoms with van der Waals surface area (Å²) in [5, 5.41) is 3.22. The Balaban J connectivity index is 2.01. The fraction of sp³-hybridized carbons (Fsp3) is 0.727. The zero-order valence-electron chi connectivity index (χ0n) is 9.44. The van der Waals surface area contributed by atoms with Crippen molar-refractivity contribution in [3.8, 4) is 0 Å². The van der Waals surface area contributed by atoms with Crippen LogP contribution in [0.25, 0.3) is 0 Å². The highest BCUT2D eigenvalue weighted by Gasteiger charge is 2.26. The third-order valence-corrected chi connectivity index (χ3v) is 4.14. The molecule has 2 N–H and O–H groups in total. The molecule has 1 atom stereocenters. The van der Waals surface area contributed by atoms with Gasteiger partial charge in [-0.2, -0.15) is 0 Å². The maximum atomic E-state index is 5.56. The molecule has 0 amide bonds. The lowest BCUT2D eigenvalue weighted by Crippen LogP contribution is -2.21. The van der Waals surface area contributed by atoms with Gasteiger partial charge in [0, 0.05) is 25.0 Å². The van der Waals surface area contributed by atoms with Crippen molar-refractivity contribution in [2.75, 3.05) is 18.0 Å². The van der Waals surface area contributed by atoms with Crippen molar-refractivity contribution in [1.29, 1.82) is 0 Å². The minimum Gasteiger partial charge on any atom is -0.348 e. The fourth-order valence-electron chi connectivity index (χ4n) is 2.04. The van der Waals surface area contributed by atoms with Crippen molar-refractivity contribution in [2.24, 2.45) is 17.6 Å². The molecule has 84 valence electrons. The Labute approximate surface area is 95.3 Å². The van der Waals surface area contributed by atoms with E-state index in [1.807, 2.05) is 0 Å². The van der Waals surface area contributed by atoms with Crippen LogP contribution in [-0.4, -0.2) is 18.1 Å². The summed E-state index contributed by atoms with van der Waals surface area (Å²) in [5.41, 5.74) is 6.58. The molecule has 1 unspecified atom stereocenters. The molecule has 1 aliphatic heterocycles. The van der Waals surface area contributed by atoms with E-state index in [1.165, 1.54) is 6.42 Å². The van der Waals surface area contributed by atoms with E-state index in [0.717, 1.165) is 35.8 Å². The summed E-state index contributed by atoms with van der Waals surface area (Å²) in [6, 6.07) is 0. The largest absolute Gasteiger partial charge is 0.348 e. The molecule has 0 saturated carbocycles. The van der Waals surface area contributed by atoms with Crippen LogP contribution < -0.4 is 10.6 Å². The Kier molecular flexibility index (Phi) is 3.26. The first-order chi connectivity index (χ1) is 7.20. The number of rotatable bonds is 3. The molecule has 15 heavy (non-hydrogen) atoms. The number of anilines is 1. The summed E-state index contributed by atoms with van der Waals surface area (Å²) in [4.78, 5) is 6.92. The normalized spacial score (nSPS) is 21.6. The van der Waals surface area contributed by atoms with Crippen LogP contribution in [0.2, 0.25) is 0 Å². The predicted molar refractivity (Wildman–Crippen MR) is 65.2 cm³/mol. The van der Waals surface area contributed by atoms with Gasteiger partial charge in [0.15, 0.2) is 5.13 Å². The summed E-state index contributed by atoms with van der Waals surface area (Å²) in [6.45, 7) is 7.48. The number of hydrogen-bond acceptors (Lipinski definition) is 4. The van der Waals surface area contributed by atoms with Crippen molar-refractivity contribution in [1.82, 2.24) is 4.98 Å². The van der Waals surface area contributed by atoms with Crippen molar-refractivity contribution >= 4 is 16.5 Å². The average Bonchev–Trinajstić information content (AvgIpc) is 2.86. The molecule has 0 bridgehead atoms. The molecule has 1 saturated heterocycles. The molecule has 3 nitrogen and oxygen atoms in total. The first kappa shape index (κ1) is 10.9. The lowest BCUT2D eigenvalue weighted by Gasteiger charge is -2.16. The Morgan fingerprint density at radius 3 is 3.00 bits per heavy atom. The minimum atomic E-state index is 0.554. The predicted octanol–water partition coefficient (Wildman–Crippen LogP) is 2.08. The summed E-state index contributed by atoms with van der Waals surface area (Å²) < 4.78 is 0. The Bertz CT molecular complexity index is 321. The quantitative estimate of drug-likeness (QED) is 0.856. The zero-order valence-corrected chi connectivity index (χ0v) is 10.3. The molecule has 0 aliphatic carbocycles. The first-order valence-corrected chi connectivity index (χ1v) is 6.48. The van der Waals surface area contributed by atoms with Crippen LogP contribution in [0, 0.1) is 11.8 Å². The maximum Gasteiger partial charge on any atom is 0.185 e. The SMILES string of the molecule is CC(C)C1CCN(c2nc(CN)cs2)C1. The summed E-state index contributed by atoms with van der Waals surface area (Å²) >= 11 is 1.72. The lowest BCUT2D eigenvalue weighted by molar-refractivity contribution is 0.422. The van der Waals surface area contributed by atoms with E-state index in [1.54, 1.807) is 11.3 Å². The topological polar surface area (TPSA) is 42.2 Å². The number of hydrogen-bond donors (Lipinski definition) is 1. The molecule has 0 aromatic carbocycles. The molecule has 0 radical (unpaired) electrons. The van der Waals surface area contributed by atoms with Crippen LogP contribution in [0.4, 0.5) is 5.13 Å². The van der Waals surface area contributed by atoms with E-state index in [-0.39, 0.29) is 0 Å². The summed E-state index contributed by atoms with van der Waals surface area (Å²) in [5.74, 6) is 1.61. The third-order valence-electron chi connectivity index (χ3n) is 3.19. The Morgan fingerprint density at radius 1 is 1.67 bits per heavy atom. The molecule has 1 aromatic rings. The molecule has 1 aromatic heterocycles. The van der Waals surface area contributed by atoms with Gasteiger partial charge in [-0.15, -0.1) is 11.3 Å². The molecule has 2 rings (SSSR count). The van der Waals surface area contributed by atoms with Crippen molar-refractivity contribution in [3.63, 3.8) is 0 Å². The highest BCUT2D eigenvalue weighted by molar-refractivity contribution is 7.13. The highest BCUT2D eigenvalue weighted by Crippen LogP contribution is 2.30. The summed E-state index contributed by atoms with van der Waals surface area (Å²) in [7, 11) is 0. The molecular weight excluding hydrogens is 206 g/mol. The van der Waals surface area contributed by atoms with Crippen molar-refractivity contribution < 1.29 is 0 Å². The minimum absolute atomic E-state index is 0.554. The molecule has 0 spiro atoms. The Hall–Kier alpha value is -0.610. The second kappa shape index (κ2) is 4.49. The second-order valence-electron chi connectivity index (χ2n) is 4.56. The van der Waals surface area contributed by atoms with E-state index in [4.69, 9.17) is 5.73 Å². The van der Waals surface area contributed by atoms with Crippen LogP contribution in [0.15, 0.2) is 5.38 Å². The highest BCUT2D eigenvalue weighted by atomic mass is 32.1. The van der Waals surface area contributed by atoms with Gasteiger partial charge in [0.05, 0.1) is 5.69 Å². The monoisotopic (exact) mass is 225 g/mol. The first-order valence-electron chi connectivity index (χ1n) is 5.60. The average molecular weight is 225 g/mol. The van der Waals surface area contributed by atoms with E-state index >= 15 is 0 Å². The standard InChI is InChI=1S/C11H19N3S/c1-8(2)9-3-4-14(6-9)11-13-10(5-12)7-15-11/h7-9H,3-6,12H2,1-2H3.